The van der Waals surface area contributed by atoms with Crippen molar-refractivity contribution in [1.29, 1.82) is 0 Å². The molecule has 0 unspecified atom stereocenters. The maximum atomic E-state index is 5.28. The molecule has 0 spiro atoms. The van der Waals surface area contributed by atoms with Crippen molar-refractivity contribution in [2.75, 3.05) is 20.3 Å². The van der Waals surface area contributed by atoms with Crippen LogP contribution >= 0.6 is 15.9 Å². The molecule has 3 nitrogen and oxygen atoms in total. The van der Waals surface area contributed by atoms with E-state index in [-0.39, 0.29) is 0 Å². The fourth-order valence-electron chi connectivity index (χ4n) is 0.789. The average Bonchev–Trinajstić information content (AvgIpc) is 2.54. The van der Waals surface area contributed by atoms with Crippen LogP contribution in [-0.2, 0) is 4.74 Å². The quantitative estimate of drug-likeness (QED) is 0.749. The number of hydrogen-bond acceptors (Lipinski definition) is 3. The highest BCUT2D eigenvalue weighted by Gasteiger charge is 1.98. The normalized spacial score (nSPS) is 10.9. The van der Waals surface area contributed by atoms with Gasteiger partial charge in [-0.3, -0.25) is 0 Å². The predicted octanol–water partition coefficient (Wildman–Crippen LogP) is 2.67. The van der Waals surface area contributed by atoms with Crippen LogP contribution < -0.4 is 4.74 Å². The molecule has 1 aromatic rings. The van der Waals surface area contributed by atoms with Crippen LogP contribution in [0.4, 0.5) is 0 Å². The third-order valence-electron chi connectivity index (χ3n) is 1.36. The Labute approximate surface area is 85.5 Å². The minimum atomic E-state index is 0.501. The van der Waals surface area contributed by atoms with Gasteiger partial charge in [0.2, 0.25) is 0 Å². The van der Waals surface area contributed by atoms with Gasteiger partial charge < -0.3 is 13.9 Å². The molecule has 0 aliphatic carbocycles. The first-order valence-electron chi connectivity index (χ1n) is 3.85. The minimum Gasteiger partial charge on any atom is -0.463 e. The van der Waals surface area contributed by atoms with Crippen molar-refractivity contribution in [3.8, 4) is 5.95 Å². The molecule has 13 heavy (non-hydrogen) atoms. The van der Waals surface area contributed by atoms with Gasteiger partial charge in [-0.05, 0) is 17.1 Å². The fraction of sp³-hybridized carbons (Fsp3) is 0.333. The number of rotatable bonds is 5. The smallest absolute Gasteiger partial charge is 0.284 e. The first-order valence-corrected chi connectivity index (χ1v) is 4.76. The van der Waals surface area contributed by atoms with Gasteiger partial charge in [-0.2, -0.15) is 0 Å². The molecular formula is C9H11BrO3. The van der Waals surface area contributed by atoms with E-state index in [1.807, 2.05) is 6.07 Å². The second kappa shape index (κ2) is 5.83. The summed E-state index contributed by atoms with van der Waals surface area (Å²) < 4.78 is 15.3. The van der Waals surface area contributed by atoms with Crippen molar-refractivity contribution in [2.24, 2.45) is 0 Å². The Hall–Kier alpha value is -0.740. The molecule has 0 N–H and O–H groups in total. The Kier molecular flexibility index (Phi) is 4.64. The van der Waals surface area contributed by atoms with Crippen molar-refractivity contribution in [3.63, 3.8) is 0 Å². The van der Waals surface area contributed by atoms with Crippen LogP contribution in [0.2, 0.25) is 0 Å². The van der Waals surface area contributed by atoms with Crippen molar-refractivity contribution < 1.29 is 13.9 Å². The largest absolute Gasteiger partial charge is 0.463 e. The molecule has 0 fully saturated rings. The van der Waals surface area contributed by atoms with E-state index in [2.05, 4.69) is 15.9 Å². The molecule has 0 aliphatic rings. The lowest BCUT2D eigenvalue weighted by Crippen LogP contribution is -2.03. The van der Waals surface area contributed by atoms with E-state index in [0.29, 0.717) is 19.2 Å². The van der Waals surface area contributed by atoms with Crippen LogP contribution in [0, 0.1) is 0 Å². The molecule has 0 radical (unpaired) electrons. The van der Waals surface area contributed by atoms with Gasteiger partial charge in [0.05, 0.1) is 6.61 Å². The summed E-state index contributed by atoms with van der Waals surface area (Å²) >= 11 is 3.16. The molecule has 0 saturated carbocycles. The summed E-state index contributed by atoms with van der Waals surface area (Å²) in [5.74, 6) is 1.27. The zero-order valence-electron chi connectivity index (χ0n) is 7.33. The van der Waals surface area contributed by atoms with Gasteiger partial charge in [0.15, 0.2) is 0 Å². The van der Waals surface area contributed by atoms with E-state index in [4.69, 9.17) is 13.9 Å². The van der Waals surface area contributed by atoms with Gasteiger partial charge >= 0.3 is 0 Å². The molecule has 0 atom stereocenters. The number of furan rings is 1. The number of halogens is 1. The Balaban J connectivity index is 2.39. The number of ether oxygens (including phenoxy) is 2. The Morgan fingerprint density at radius 2 is 2.31 bits per heavy atom. The van der Waals surface area contributed by atoms with Gasteiger partial charge in [-0.1, -0.05) is 15.9 Å². The Morgan fingerprint density at radius 1 is 1.46 bits per heavy atom. The maximum absolute atomic E-state index is 5.28. The zero-order valence-corrected chi connectivity index (χ0v) is 8.91. The molecule has 4 heteroatoms. The van der Waals surface area contributed by atoms with Crippen LogP contribution in [0.3, 0.4) is 0 Å². The molecular weight excluding hydrogens is 236 g/mol. The maximum Gasteiger partial charge on any atom is 0.284 e. The van der Waals surface area contributed by atoms with Gasteiger partial charge in [0.25, 0.3) is 5.95 Å². The average molecular weight is 247 g/mol. The van der Waals surface area contributed by atoms with Crippen LogP contribution in [0.25, 0.3) is 6.08 Å². The lowest BCUT2D eigenvalue weighted by molar-refractivity contribution is 0.130. The minimum absolute atomic E-state index is 0.501. The highest BCUT2D eigenvalue weighted by molar-refractivity contribution is 9.11. The summed E-state index contributed by atoms with van der Waals surface area (Å²) in [6, 6.07) is 3.61. The molecule has 1 aromatic heterocycles. The predicted molar refractivity (Wildman–Crippen MR) is 54.0 cm³/mol. The van der Waals surface area contributed by atoms with Crippen molar-refractivity contribution in [2.45, 2.75) is 0 Å². The van der Waals surface area contributed by atoms with E-state index in [0.717, 1.165) is 5.76 Å². The third kappa shape index (κ3) is 3.65. The number of methoxy groups -OCH3 is 1. The lowest BCUT2D eigenvalue weighted by atomic mass is 10.4. The first-order chi connectivity index (χ1) is 6.36. The van der Waals surface area contributed by atoms with Crippen LogP contribution in [0.5, 0.6) is 5.95 Å². The van der Waals surface area contributed by atoms with Gasteiger partial charge in [-0.25, -0.2) is 0 Å². The summed E-state index contributed by atoms with van der Waals surface area (Å²) in [5.41, 5.74) is 0. The summed E-state index contributed by atoms with van der Waals surface area (Å²) in [6.45, 7) is 1.06. The van der Waals surface area contributed by atoms with E-state index < -0.39 is 0 Å². The molecule has 0 bridgehead atoms. The van der Waals surface area contributed by atoms with E-state index in [1.165, 1.54) is 0 Å². The van der Waals surface area contributed by atoms with E-state index in [1.54, 1.807) is 24.2 Å². The van der Waals surface area contributed by atoms with Crippen LogP contribution in [-0.4, -0.2) is 20.3 Å². The highest BCUT2D eigenvalue weighted by Crippen LogP contribution is 2.17. The van der Waals surface area contributed by atoms with Gasteiger partial charge in [0, 0.05) is 13.2 Å². The Bertz CT molecular complexity index is 268. The summed E-state index contributed by atoms with van der Waals surface area (Å²) in [7, 11) is 1.63. The summed E-state index contributed by atoms with van der Waals surface area (Å²) in [4.78, 5) is 1.73. The molecule has 1 heterocycles. The standard InChI is InChI=1S/C9H11BrO3/c1-11-6-7-12-9-3-2-8(13-9)4-5-10/h2-5H,6-7H2,1H3/b5-4+. The second-order valence-corrected chi connectivity index (χ2v) is 2.82. The van der Waals surface area contributed by atoms with Crippen LogP contribution in [0.15, 0.2) is 21.5 Å². The summed E-state index contributed by atoms with van der Waals surface area (Å²) in [5, 5.41) is 0. The topological polar surface area (TPSA) is 31.6 Å². The first kappa shape index (κ1) is 10.3. The second-order valence-electron chi connectivity index (χ2n) is 2.29. The fourth-order valence-corrected chi connectivity index (χ4v) is 1.05. The van der Waals surface area contributed by atoms with Crippen molar-refractivity contribution in [1.82, 2.24) is 0 Å². The van der Waals surface area contributed by atoms with E-state index in [9.17, 15) is 0 Å². The molecule has 0 aliphatic heterocycles. The Morgan fingerprint density at radius 3 is 3.00 bits per heavy atom. The molecule has 72 valence electrons. The zero-order chi connectivity index (χ0) is 9.52. The number of hydrogen-bond donors (Lipinski definition) is 0. The molecule has 0 saturated heterocycles. The van der Waals surface area contributed by atoms with Gasteiger partial charge in [0.1, 0.15) is 12.4 Å². The highest BCUT2D eigenvalue weighted by atomic mass is 79.9. The lowest BCUT2D eigenvalue weighted by Gasteiger charge is -1.99. The van der Waals surface area contributed by atoms with Crippen molar-refractivity contribution >= 4 is 22.0 Å². The third-order valence-corrected chi connectivity index (χ3v) is 1.63. The van der Waals surface area contributed by atoms with Gasteiger partial charge in [-0.15, -0.1) is 0 Å². The SMILES string of the molecule is COCCOc1ccc(/C=C/Br)o1. The van der Waals surface area contributed by atoms with Crippen LogP contribution in [0.1, 0.15) is 5.76 Å². The van der Waals surface area contributed by atoms with E-state index >= 15 is 0 Å². The molecule has 0 amide bonds. The molecule has 1 rings (SSSR count). The monoisotopic (exact) mass is 246 g/mol. The summed E-state index contributed by atoms with van der Waals surface area (Å²) in [6.07, 6.45) is 1.79. The molecule has 0 aromatic carbocycles. The van der Waals surface area contributed by atoms with Crippen molar-refractivity contribution in [3.05, 3.63) is 22.9 Å².